The van der Waals surface area contributed by atoms with Gasteiger partial charge in [0.15, 0.2) is 0 Å². The maximum absolute atomic E-state index is 11.9. The molecule has 0 saturated carbocycles. The first-order valence-corrected chi connectivity index (χ1v) is 9.41. The molecule has 1 aromatic rings. The van der Waals surface area contributed by atoms with Crippen molar-refractivity contribution in [1.82, 2.24) is 5.32 Å². The Labute approximate surface area is 130 Å². The van der Waals surface area contributed by atoms with Crippen LogP contribution in [0.15, 0.2) is 30.3 Å². The van der Waals surface area contributed by atoms with E-state index in [0.717, 1.165) is 4.47 Å². The van der Waals surface area contributed by atoms with Crippen LogP contribution in [0.5, 0.6) is 0 Å². The first-order valence-electron chi connectivity index (χ1n) is 6.59. The zero-order chi connectivity index (χ0) is 15.0. The van der Waals surface area contributed by atoms with Crippen LogP contribution in [0.2, 0.25) is 4.47 Å². The fraction of sp³-hybridized carbons (Fsp3) is 0.467. The molecule has 0 radical (unpaired) electrons. The van der Waals surface area contributed by atoms with Gasteiger partial charge in [0.2, 0.25) is 0 Å². The van der Waals surface area contributed by atoms with Gasteiger partial charge in [0.25, 0.3) is 0 Å². The zero-order valence-corrected chi connectivity index (χ0v) is 14.4. The predicted octanol–water partition coefficient (Wildman–Crippen LogP) is 1.14. The van der Waals surface area contributed by atoms with Crippen molar-refractivity contribution in [2.24, 2.45) is 5.92 Å². The van der Waals surface area contributed by atoms with Crippen LogP contribution in [0.3, 0.4) is 0 Å². The van der Waals surface area contributed by atoms with E-state index < -0.39 is 6.04 Å². The summed E-state index contributed by atoms with van der Waals surface area (Å²) in [5.41, 5.74) is 0. The van der Waals surface area contributed by atoms with Crippen molar-refractivity contribution in [3.05, 3.63) is 30.3 Å². The molecule has 1 atom stereocenters. The predicted molar refractivity (Wildman–Crippen MR) is 80.0 cm³/mol. The number of nitrogens with one attached hydrogen (secondary N) is 1. The van der Waals surface area contributed by atoms with Crippen LogP contribution in [-0.4, -0.2) is 46.0 Å². The number of methoxy groups -OCH3 is 1. The number of esters is 1. The summed E-state index contributed by atoms with van der Waals surface area (Å²) >= 11 is -0.328. The second kappa shape index (κ2) is 8.99. The summed E-state index contributed by atoms with van der Waals surface area (Å²) in [4.78, 5) is 23.4. The second-order valence-electron chi connectivity index (χ2n) is 4.72. The summed E-state index contributed by atoms with van der Waals surface area (Å²) in [6, 6.07) is 9.69. The summed E-state index contributed by atoms with van der Waals surface area (Å²) in [6.07, 6.45) is 0.470. The summed E-state index contributed by atoms with van der Waals surface area (Å²) < 4.78 is 6.94. The fourth-order valence-electron chi connectivity index (χ4n) is 1.65. The molecule has 4 nitrogen and oxygen atoms in total. The topological polar surface area (TPSA) is 55.4 Å². The van der Waals surface area contributed by atoms with Crippen molar-refractivity contribution < 1.29 is 14.3 Å². The van der Waals surface area contributed by atoms with Crippen LogP contribution in [0.4, 0.5) is 0 Å². The molecule has 1 rings (SSSR count). The molecule has 0 aliphatic carbocycles. The zero-order valence-electron chi connectivity index (χ0n) is 12.1. The Morgan fingerprint density at radius 3 is 2.45 bits per heavy atom. The maximum atomic E-state index is 11.9. The van der Waals surface area contributed by atoms with E-state index in [1.54, 1.807) is 0 Å². The molecule has 0 aliphatic rings. The van der Waals surface area contributed by atoms with E-state index >= 15 is 0 Å². The monoisotopic (exact) mass is 393 g/mol. The van der Waals surface area contributed by atoms with Gasteiger partial charge in [0.05, 0.1) is 0 Å². The van der Waals surface area contributed by atoms with Crippen molar-refractivity contribution in [3.63, 3.8) is 0 Å². The second-order valence-corrected chi connectivity index (χ2v) is 8.06. The van der Waals surface area contributed by atoms with Crippen LogP contribution < -0.4 is 8.93 Å². The van der Waals surface area contributed by atoms with Crippen LogP contribution in [-0.2, 0) is 14.3 Å². The molecule has 0 fully saturated rings. The van der Waals surface area contributed by atoms with Gasteiger partial charge in [-0.2, -0.15) is 0 Å². The molecule has 0 bridgehead atoms. The molecule has 0 saturated heterocycles. The number of hydrogen-bond donors (Lipinski definition) is 1. The van der Waals surface area contributed by atoms with Gasteiger partial charge in [0.1, 0.15) is 0 Å². The van der Waals surface area contributed by atoms with Crippen molar-refractivity contribution >= 4 is 36.4 Å². The van der Waals surface area contributed by atoms with Gasteiger partial charge in [-0.3, -0.25) is 0 Å². The van der Waals surface area contributed by atoms with Gasteiger partial charge in [-0.15, -0.1) is 0 Å². The number of rotatable bonds is 7. The Kier molecular flexibility index (Phi) is 7.64. The normalized spacial score (nSPS) is 12.0. The number of carbonyl (C=O) groups excluding carboxylic acids is 2. The van der Waals surface area contributed by atoms with E-state index in [4.69, 9.17) is 4.74 Å². The number of carbonyl (C=O) groups is 2. The van der Waals surface area contributed by atoms with E-state index in [1.165, 1.54) is 10.7 Å². The molecule has 0 heterocycles. The summed E-state index contributed by atoms with van der Waals surface area (Å²) in [5, 5.41) is 2.76. The van der Waals surface area contributed by atoms with Crippen molar-refractivity contribution in [1.29, 1.82) is 0 Å². The van der Waals surface area contributed by atoms with Crippen molar-refractivity contribution in [3.8, 4) is 0 Å². The van der Waals surface area contributed by atoms with Crippen molar-refractivity contribution in [2.45, 2.75) is 30.8 Å². The van der Waals surface area contributed by atoms with E-state index in [0.29, 0.717) is 6.42 Å². The van der Waals surface area contributed by atoms with E-state index in [-0.39, 0.29) is 38.7 Å². The summed E-state index contributed by atoms with van der Waals surface area (Å²) in [5.74, 6) is -0.431. The van der Waals surface area contributed by atoms with Gasteiger partial charge < -0.3 is 0 Å². The number of hydrogen-bond acceptors (Lipinski definition) is 3. The Hall–Kier alpha value is -1.05. The molecule has 110 valence electrons. The van der Waals surface area contributed by atoms with Crippen LogP contribution in [0.1, 0.15) is 20.3 Å². The molecule has 0 aromatic heterocycles. The number of amides is 1. The minimum absolute atomic E-state index is 0.0250. The SMILES string of the molecule is COC(=O)[C@@H](NC(=O)CC[Te]c1ccccc1)C(C)C. The first-order chi connectivity index (χ1) is 9.54. The Morgan fingerprint density at radius 1 is 1.25 bits per heavy atom. The van der Waals surface area contributed by atoms with Gasteiger partial charge in [-0.05, 0) is 0 Å². The molecule has 0 spiro atoms. The molecule has 1 aromatic carbocycles. The van der Waals surface area contributed by atoms with E-state index in [1.807, 2.05) is 32.0 Å². The first kappa shape index (κ1) is 17.0. The molecular formula is C15H21NO3Te. The molecular weight excluding hydrogens is 370 g/mol. The summed E-state index contributed by atoms with van der Waals surface area (Å²) in [6.45, 7) is 3.78. The van der Waals surface area contributed by atoms with Crippen LogP contribution in [0.25, 0.3) is 0 Å². The minimum atomic E-state index is -0.551. The molecule has 1 amide bonds. The van der Waals surface area contributed by atoms with Gasteiger partial charge in [-0.25, -0.2) is 0 Å². The Morgan fingerprint density at radius 2 is 1.90 bits per heavy atom. The third-order valence-corrected chi connectivity index (χ3v) is 5.67. The van der Waals surface area contributed by atoms with Gasteiger partial charge in [-0.1, -0.05) is 0 Å². The molecule has 0 unspecified atom stereocenters. The average Bonchev–Trinajstić information content (AvgIpc) is 2.45. The standard InChI is InChI=1S/C15H21NO3Te/c1-11(2)14(15(18)19-3)16-13(17)9-10-20-12-7-5-4-6-8-12/h4-8,11,14H,9-10H2,1-3H3,(H,16,17)/t14-/m0/s1. The fourth-order valence-corrected chi connectivity index (χ4v) is 4.14. The molecule has 0 aliphatic heterocycles. The van der Waals surface area contributed by atoms with E-state index in [2.05, 4.69) is 17.4 Å². The van der Waals surface area contributed by atoms with Crippen LogP contribution in [0, 0.1) is 5.92 Å². The Balaban J connectivity index is 2.37. The van der Waals surface area contributed by atoms with Gasteiger partial charge in [0, 0.05) is 0 Å². The van der Waals surface area contributed by atoms with Crippen molar-refractivity contribution in [2.75, 3.05) is 7.11 Å². The van der Waals surface area contributed by atoms with Crippen LogP contribution >= 0.6 is 0 Å². The quantitative estimate of drug-likeness (QED) is 0.561. The number of ether oxygens (including phenoxy) is 1. The molecule has 20 heavy (non-hydrogen) atoms. The molecule has 1 N–H and O–H groups in total. The third-order valence-electron chi connectivity index (χ3n) is 2.78. The molecule has 5 heteroatoms. The summed E-state index contributed by atoms with van der Waals surface area (Å²) in [7, 11) is 1.34. The number of benzene rings is 1. The van der Waals surface area contributed by atoms with Gasteiger partial charge >= 0.3 is 130 Å². The third kappa shape index (κ3) is 5.94. The van der Waals surface area contributed by atoms with E-state index in [9.17, 15) is 9.59 Å². The average molecular weight is 391 g/mol. The Bertz CT molecular complexity index is 434.